The van der Waals surface area contributed by atoms with Gasteiger partial charge >= 0.3 is 0 Å². The summed E-state index contributed by atoms with van der Waals surface area (Å²) in [6.45, 7) is 0. The average Bonchev–Trinajstić information content (AvgIpc) is 3.57. The van der Waals surface area contributed by atoms with Crippen LogP contribution >= 0.6 is 0 Å². The van der Waals surface area contributed by atoms with E-state index >= 15 is 0 Å². The van der Waals surface area contributed by atoms with Crippen molar-refractivity contribution in [3.8, 4) is 28.3 Å². The summed E-state index contributed by atoms with van der Waals surface area (Å²) < 4.78 is 15.0. The number of aromatic nitrogens is 4. The quantitative estimate of drug-likeness (QED) is 0.416. The summed E-state index contributed by atoms with van der Waals surface area (Å²) >= 11 is 0. The number of hydrogen-bond acceptors (Lipinski definition) is 6. The molecule has 0 saturated heterocycles. The summed E-state index contributed by atoms with van der Waals surface area (Å²) in [5.41, 5.74) is 5.02. The fourth-order valence-corrected chi connectivity index (χ4v) is 4.88. The van der Waals surface area contributed by atoms with Gasteiger partial charge in [-0.05, 0) is 36.5 Å². The van der Waals surface area contributed by atoms with Crippen LogP contribution in [0.5, 0.6) is 11.5 Å². The number of carbonyl (C=O) groups excluding carboxylic acids is 1. The third-order valence-corrected chi connectivity index (χ3v) is 6.70. The number of carbonyl (C=O) groups is 1. The van der Waals surface area contributed by atoms with Crippen molar-refractivity contribution >= 4 is 16.8 Å². The van der Waals surface area contributed by atoms with Crippen LogP contribution < -0.4 is 9.47 Å². The Hall–Kier alpha value is -3.65. The minimum absolute atomic E-state index is 0.0202. The normalized spacial score (nSPS) is 17.9. The second-order valence-electron chi connectivity index (χ2n) is 8.83. The van der Waals surface area contributed by atoms with Gasteiger partial charge in [-0.25, -0.2) is 4.98 Å². The molecule has 176 valence electrons. The second kappa shape index (κ2) is 8.95. The number of ketones is 1. The van der Waals surface area contributed by atoms with Gasteiger partial charge in [0.1, 0.15) is 23.4 Å². The Labute approximate surface area is 197 Å². The molecule has 1 aliphatic rings. The summed E-state index contributed by atoms with van der Waals surface area (Å²) in [7, 11) is 4.99. The van der Waals surface area contributed by atoms with Crippen molar-refractivity contribution in [2.45, 2.75) is 31.8 Å². The molecule has 4 aromatic rings. The number of nitrogens with zero attached hydrogens (tertiary/aromatic N) is 4. The van der Waals surface area contributed by atoms with Gasteiger partial charge in [0.05, 0.1) is 43.2 Å². The maximum Gasteiger partial charge on any atom is 0.170 e. The highest BCUT2D eigenvalue weighted by Crippen LogP contribution is 2.37. The van der Waals surface area contributed by atoms with Gasteiger partial charge < -0.3 is 14.6 Å². The number of fused-ring (bicyclic) bond motifs is 1. The van der Waals surface area contributed by atoms with Gasteiger partial charge in [0.2, 0.25) is 0 Å². The monoisotopic (exact) mass is 460 g/mol. The first kappa shape index (κ1) is 22.2. The predicted molar refractivity (Wildman–Crippen MR) is 129 cm³/mol. The molecule has 34 heavy (non-hydrogen) atoms. The van der Waals surface area contributed by atoms with E-state index in [0.29, 0.717) is 17.1 Å². The molecule has 8 nitrogen and oxygen atoms in total. The second-order valence-corrected chi connectivity index (χ2v) is 8.83. The van der Waals surface area contributed by atoms with Gasteiger partial charge in [0.15, 0.2) is 5.78 Å². The molecule has 1 fully saturated rings. The Morgan fingerprint density at radius 2 is 1.88 bits per heavy atom. The lowest BCUT2D eigenvalue weighted by atomic mass is 9.94. The molecule has 1 saturated carbocycles. The minimum Gasteiger partial charge on any atom is -0.496 e. The number of methoxy groups -OCH3 is 2. The first-order valence-electron chi connectivity index (χ1n) is 11.4. The molecule has 1 N–H and O–H groups in total. The minimum atomic E-state index is -0.422. The van der Waals surface area contributed by atoms with E-state index in [4.69, 9.17) is 9.47 Å². The molecule has 2 heterocycles. The van der Waals surface area contributed by atoms with Crippen molar-refractivity contribution in [2.24, 2.45) is 13.0 Å². The SMILES string of the molecule is COc1cc(-n2cnc3cc(-c4cnn(C)c4)ccc32)cc(OC)c1C(=O)C[C@H]1CCC[C@@H]1O. The van der Waals surface area contributed by atoms with Crippen LogP contribution in [0.4, 0.5) is 0 Å². The highest BCUT2D eigenvalue weighted by atomic mass is 16.5. The maximum atomic E-state index is 13.2. The molecular weight excluding hydrogens is 432 g/mol. The molecule has 2 aromatic carbocycles. The Morgan fingerprint density at radius 3 is 2.50 bits per heavy atom. The fourth-order valence-electron chi connectivity index (χ4n) is 4.88. The number of benzene rings is 2. The van der Waals surface area contributed by atoms with Crippen LogP contribution in [0.2, 0.25) is 0 Å². The zero-order valence-electron chi connectivity index (χ0n) is 19.6. The third kappa shape index (κ3) is 3.94. The standard InChI is InChI=1S/C26H28N4O4/c1-29-14-18(13-28-29)16-7-8-21-20(9-16)27-15-30(21)19-11-24(33-2)26(25(12-19)34-3)23(32)10-17-5-4-6-22(17)31/h7-9,11-15,17,22,31H,4-6,10H2,1-3H3/t17-,22+/m1/s1. The van der Waals surface area contributed by atoms with Crippen LogP contribution in [-0.2, 0) is 7.05 Å². The summed E-state index contributed by atoms with van der Waals surface area (Å²) in [5.74, 6) is 0.789. The smallest absolute Gasteiger partial charge is 0.170 e. The van der Waals surface area contributed by atoms with Crippen LogP contribution in [-0.4, -0.2) is 50.5 Å². The van der Waals surface area contributed by atoms with Crippen molar-refractivity contribution in [1.29, 1.82) is 0 Å². The summed E-state index contributed by atoms with van der Waals surface area (Å²) in [6.07, 6.45) is 7.96. The van der Waals surface area contributed by atoms with Crippen LogP contribution in [0.25, 0.3) is 27.8 Å². The average molecular weight is 461 g/mol. The molecule has 1 aliphatic carbocycles. The van der Waals surface area contributed by atoms with Gasteiger partial charge in [-0.3, -0.25) is 14.0 Å². The van der Waals surface area contributed by atoms with E-state index in [9.17, 15) is 9.90 Å². The first-order valence-corrected chi connectivity index (χ1v) is 11.4. The zero-order valence-corrected chi connectivity index (χ0v) is 19.6. The Balaban J connectivity index is 1.52. The third-order valence-electron chi connectivity index (χ3n) is 6.70. The zero-order chi connectivity index (χ0) is 23.8. The number of Topliss-reactive ketones (excluding diaryl/α,β-unsaturated/α-hetero) is 1. The van der Waals surface area contributed by atoms with E-state index < -0.39 is 6.10 Å². The number of aliphatic hydroxyl groups excluding tert-OH is 1. The maximum absolute atomic E-state index is 13.2. The Bertz CT molecular complexity index is 1330. The molecular formula is C26H28N4O4. The van der Waals surface area contributed by atoms with Crippen LogP contribution in [0.15, 0.2) is 49.1 Å². The van der Waals surface area contributed by atoms with Crippen molar-refractivity contribution in [1.82, 2.24) is 19.3 Å². The number of rotatable bonds is 7. The molecule has 0 aliphatic heterocycles. The highest BCUT2D eigenvalue weighted by Gasteiger charge is 2.30. The van der Waals surface area contributed by atoms with Crippen molar-refractivity contribution in [2.75, 3.05) is 14.2 Å². The summed E-state index contributed by atoms with van der Waals surface area (Å²) in [4.78, 5) is 17.8. The number of aryl methyl sites for hydroxylation is 1. The molecule has 2 aromatic heterocycles. The van der Waals surface area contributed by atoms with Gasteiger partial charge in [0, 0.05) is 37.4 Å². The molecule has 5 rings (SSSR count). The summed E-state index contributed by atoms with van der Waals surface area (Å²) in [5, 5.41) is 14.4. The van der Waals surface area contributed by atoms with Gasteiger partial charge in [-0.1, -0.05) is 12.5 Å². The molecule has 0 spiro atoms. The lowest BCUT2D eigenvalue weighted by Crippen LogP contribution is -2.18. The molecule has 2 atom stereocenters. The van der Waals surface area contributed by atoms with E-state index in [1.165, 1.54) is 0 Å². The Kier molecular flexibility index (Phi) is 5.83. The van der Waals surface area contributed by atoms with E-state index in [-0.39, 0.29) is 18.1 Å². The highest BCUT2D eigenvalue weighted by molar-refractivity contribution is 6.02. The van der Waals surface area contributed by atoms with Gasteiger partial charge in [-0.2, -0.15) is 5.10 Å². The fraction of sp³-hybridized carbons (Fsp3) is 0.346. The lowest BCUT2D eigenvalue weighted by Gasteiger charge is -2.18. The Morgan fingerprint density at radius 1 is 1.12 bits per heavy atom. The van der Waals surface area contributed by atoms with Crippen molar-refractivity contribution in [3.63, 3.8) is 0 Å². The summed E-state index contributed by atoms with van der Waals surface area (Å²) in [6, 6.07) is 9.75. The number of imidazole rings is 1. The number of hydrogen-bond donors (Lipinski definition) is 1. The molecule has 0 radical (unpaired) electrons. The number of aliphatic hydroxyl groups is 1. The first-order chi connectivity index (χ1) is 16.5. The molecule has 0 amide bonds. The van der Waals surface area contributed by atoms with Crippen LogP contribution in [0.1, 0.15) is 36.0 Å². The van der Waals surface area contributed by atoms with E-state index in [2.05, 4.69) is 10.1 Å². The predicted octanol–water partition coefficient (Wildman–Crippen LogP) is 4.18. The number of ether oxygens (including phenoxy) is 2. The van der Waals surface area contributed by atoms with E-state index in [0.717, 1.165) is 47.1 Å². The van der Waals surface area contributed by atoms with Crippen LogP contribution in [0, 0.1) is 5.92 Å². The van der Waals surface area contributed by atoms with E-state index in [1.807, 2.05) is 54.3 Å². The van der Waals surface area contributed by atoms with Crippen molar-refractivity contribution in [3.05, 3.63) is 54.6 Å². The lowest BCUT2D eigenvalue weighted by molar-refractivity contribution is 0.0862. The van der Waals surface area contributed by atoms with Crippen molar-refractivity contribution < 1.29 is 19.4 Å². The molecule has 8 heteroatoms. The largest absolute Gasteiger partial charge is 0.496 e. The van der Waals surface area contributed by atoms with Gasteiger partial charge in [0.25, 0.3) is 0 Å². The topological polar surface area (TPSA) is 91.4 Å². The van der Waals surface area contributed by atoms with E-state index in [1.54, 1.807) is 25.2 Å². The van der Waals surface area contributed by atoms with Gasteiger partial charge in [-0.15, -0.1) is 0 Å². The van der Waals surface area contributed by atoms with Crippen LogP contribution in [0.3, 0.4) is 0 Å². The molecule has 0 bridgehead atoms. The molecule has 0 unspecified atom stereocenters.